The minimum absolute atomic E-state index is 0.284. The van der Waals surface area contributed by atoms with Crippen LogP contribution in [-0.4, -0.2) is 32.3 Å². The van der Waals surface area contributed by atoms with Crippen molar-refractivity contribution >= 4 is 10.8 Å². The highest BCUT2D eigenvalue weighted by Gasteiger charge is 2.22. The van der Waals surface area contributed by atoms with Crippen LogP contribution in [0.1, 0.15) is 43.5 Å². The number of hydrogen-bond donors (Lipinski definition) is 1. The Kier molecular flexibility index (Phi) is 4.56. The molecule has 1 N–H and O–H groups in total. The van der Waals surface area contributed by atoms with Crippen LogP contribution >= 0.6 is 0 Å². The maximum absolute atomic E-state index is 11.5. The van der Waals surface area contributed by atoms with Gasteiger partial charge in [0, 0.05) is 60.5 Å². The van der Waals surface area contributed by atoms with Gasteiger partial charge >= 0.3 is 0 Å². The van der Waals surface area contributed by atoms with Crippen LogP contribution in [0.5, 0.6) is 0 Å². The van der Waals surface area contributed by atoms with E-state index >= 15 is 0 Å². The summed E-state index contributed by atoms with van der Waals surface area (Å²) in [4.78, 5) is 4.77. The summed E-state index contributed by atoms with van der Waals surface area (Å²) >= 11 is 0. The minimum atomic E-state index is -0.758. The standard InChI is InChI=1S/C13H23N3OS/c1-4-5-13-15-11-8-14-7-6-12(11)16(13)10(2)9-18(3)17/h10,14H,4-9H2,1-3H3. The molecule has 1 aromatic rings. The zero-order chi connectivity index (χ0) is 13.1. The molecule has 0 spiro atoms. The SMILES string of the molecule is CCCc1nc2c(n1C(C)CS(C)=O)CCNC2. The van der Waals surface area contributed by atoms with Gasteiger partial charge < -0.3 is 9.88 Å². The van der Waals surface area contributed by atoms with Crippen molar-refractivity contribution in [3.8, 4) is 0 Å². The third kappa shape index (κ3) is 2.83. The Labute approximate surface area is 112 Å². The lowest BCUT2D eigenvalue weighted by Gasteiger charge is -2.21. The van der Waals surface area contributed by atoms with Crippen molar-refractivity contribution < 1.29 is 4.21 Å². The highest BCUT2D eigenvalue weighted by atomic mass is 32.2. The molecular formula is C13H23N3OS. The Morgan fingerprint density at radius 1 is 1.56 bits per heavy atom. The Balaban J connectivity index is 2.35. The van der Waals surface area contributed by atoms with Crippen molar-refractivity contribution in [3.05, 3.63) is 17.2 Å². The lowest BCUT2D eigenvalue weighted by Crippen LogP contribution is -2.26. The van der Waals surface area contributed by atoms with Gasteiger partial charge in [0.05, 0.1) is 5.69 Å². The summed E-state index contributed by atoms with van der Waals surface area (Å²) in [6.45, 7) is 6.23. The van der Waals surface area contributed by atoms with Gasteiger partial charge in [0.25, 0.3) is 0 Å². The molecule has 102 valence electrons. The Hall–Kier alpha value is -0.680. The van der Waals surface area contributed by atoms with Crippen LogP contribution in [0.2, 0.25) is 0 Å². The van der Waals surface area contributed by atoms with Gasteiger partial charge in [-0.05, 0) is 13.3 Å². The summed E-state index contributed by atoms with van der Waals surface area (Å²) in [7, 11) is -0.758. The van der Waals surface area contributed by atoms with Crippen molar-refractivity contribution in [1.82, 2.24) is 14.9 Å². The molecule has 0 aromatic carbocycles. The van der Waals surface area contributed by atoms with Crippen molar-refractivity contribution in [2.24, 2.45) is 0 Å². The van der Waals surface area contributed by atoms with E-state index in [4.69, 9.17) is 4.98 Å². The van der Waals surface area contributed by atoms with E-state index in [9.17, 15) is 4.21 Å². The summed E-state index contributed by atoms with van der Waals surface area (Å²) in [5.41, 5.74) is 2.55. The monoisotopic (exact) mass is 269 g/mol. The number of fused-ring (bicyclic) bond motifs is 1. The summed E-state index contributed by atoms with van der Waals surface area (Å²) in [5.74, 6) is 1.89. The molecule has 2 unspecified atom stereocenters. The first-order valence-corrected chi connectivity index (χ1v) is 8.45. The van der Waals surface area contributed by atoms with Gasteiger partial charge in [-0.25, -0.2) is 4.98 Å². The second-order valence-electron chi connectivity index (χ2n) is 5.06. The zero-order valence-electron chi connectivity index (χ0n) is 11.5. The van der Waals surface area contributed by atoms with Crippen LogP contribution in [-0.2, 0) is 30.2 Å². The predicted molar refractivity (Wildman–Crippen MR) is 75.3 cm³/mol. The maximum Gasteiger partial charge on any atom is 0.109 e. The molecule has 2 atom stereocenters. The Bertz CT molecular complexity index is 442. The van der Waals surface area contributed by atoms with Crippen molar-refractivity contribution in [3.63, 3.8) is 0 Å². The van der Waals surface area contributed by atoms with E-state index in [0.29, 0.717) is 5.75 Å². The summed E-state index contributed by atoms with van der Waals surface area (Å²) in [6, 6.07) is 0.284. The average Bonchev–Trinajstić information content (AvgIpc) is 2.66. The molecule has 0 saturated carbocycles. The molecule has 2 rings (SSSR count). The minimum Gasteiger partial charge on any atom is -0.328 e. The molecule has 2 heterocycles. The Morgan fingerprint density at radius 2 is 2.33 bits per heavy atom. The number of imidazole rings is 1. The van der Waals surface area contributed by atoms with E-state index in [-0.39, 0.29) is 6.04 Å². The molecular weight excluding hydrogens is 246 g/mol. The Morgan fingerprint density at radius 3 is 3.00 bits per heavy atom. The van der Waals surface area contributed by atoms with Crippen LogP contribution in [0, 0.1) is 0 Å². The van der Waals surface area contributed by atoms with Crippen molar-refractivity contribution in [1.29, 1.82) is 0 Å². The van der Waals surface area contributed by atoms with E-state index in [1.54, 1.807) is 6.26 Å². The summed E-state index contributed by atoms with van der Waals surface area (Å²) in [6.07, 6.45) is 4.92. The largest absolute Gasteiger partial charge is 0.328 e. The lowest BCUT2D eigenvalue weighted by atomic mass is 10.1. The van der Waals surface area contributed by atoms with Gasteiger partial charge in [0.15, 0.2) is 0 Å². The highest BCUT2D eigenvalue weighted by molar-refractivity contribution is 7.84. The molecule has 0 fully saturated rings. The average molecular weight is 269 g/mol. The smallest absolute Gasteiger partial charge is 0.109 e. The second kappa shape index (κ2) is 5.97. The number of aromatic nitrogens is 2. The maximum atomic E-state index is 11.5. The molecule has 0 amide bonds. The van der Waals surface area contributed by atoms with Gasteiger partial charge in [0.2, 0.25) is 0 Å². The third-order valence-corrected chi connectivity index (χ3v) is 4.34. The third-order valence-electron chi connectivity index (χ3n) is 3.39. The molecule has 0 saturated heterocycles. The molecule has 0 bridgehead atoms. The quantitative estimate of drug-likeness (QED) is 0.879. The molecule has 1 aromatic heterocycles. The van der Waals surface area contributed by atoms with Crippen molar-refractivity contribution in [2.45, 2.75) is 45.7 Å². The summed E-state index contributed by atoms with van der Waals surface area (Å²) < 4.78 is 13.8. The number of rotatable bonds is 5. The molecule has 18 heavy (non-hydrogen) atoms. The van der Waals surface area contributed by atoms with Crippen LogP contribution < -0.4 is 5.32 Å². The van der Waals surface area contributed by atoms with E-state index < -0.39 is 10.8 Å². The van der Waals surface area contributed by atoms with E-state index in [1.807, 2.05) is 0 Å². The van der Waals surface area contributed by atoms with Gasteiger partial charge in [0.1, 0.15) is 5.82 Å². The molecule has 5 heteroatoms. The first-order chi connectivity index (χ1) is 8.63. The van der Waals surface area contributed by atoms with Crippen LogP contribution in [0.4, 0.5) is 0 Å². The van der Waals surface area contributed by atoms with E-state index in [1.165, 1.54) is 17.2 Å². The second-order valence-corrected chi connectivity index (χ2v) is 6.54. The van der Waals surface area contributed by atoms with E-state index in [0.717, 1.165) is 32.4 Å². The fraction of sp³-hybridized carbons (Fsp3) is 0.769. The first kappa shape index (κ1) is 13.7. The van der Waals surface area contributed by atoms with Gasteiger partial charge in [-0.3, -0.25) is 4.21 Å². The number of nitrogens with zero attached hydrogens (tertiary/aromatic N) is 2. The zero-order valence-corrected chi connectivity index (χ0v) is 12.3. The van der Waals surface area contributed by atoms with Crippen LogP contribution in [0.25, 0.3) is 0 Å². The first-order valence-electron chi connectivity index (χ1n) is 6.73. The molecule has 1 aliphatic heterocycles. The van der Waals surface area contributed by atoms with E-state index in [2.05, 4.69) is 23.7 Å². The van der Waals surface area contributed by atoms with Gasteiger partial charge in [-0.1, -0.05) is 6.92 Å². The fourth-order valence-electron chi connectivity index (χ4n) is 2.72. The summed E-state index contributed by atoms with van der Waals surface area (Å²) in [5, 5.41) is 3.37. The number of nitrogens with one attached hydrogen (secondary N) is 1. The molecule has 0 aliphatic carbocycles. The predicted octanol–water partition coefficient (Wildman–Crippen LogP) is 1.42. The van der Waals surface area contributed by atoms with Gasteiger partial charge in [-0.2, -0.15) is 0 Å². The lowest BCUT2D eigenvalue weighted by molar-refractivity contribution is 0.525. The molecule has 0 radical (unpaired) electrons. The number of hydrogen-bond acceptors (Lipinski definition) is 3. The van der Waals surface area contributed by atoms with Gasteiger partial charge in [-0.15, -0.1) is 0 Å². The fourth-order valence-corrected chi connectivity index (χ4v) is 3.55. The van der Waals surface area contributed by atoms with Crippen LogP contribution in [0.15, 0.2) is 0 Å². The molecule has 1 aliphatic rings. The number of aryl methyl sites for hydroxylation is 1. The topological polar surface area (TPSA) is 46.9 Å². The van der Waals surface area contributed by atoms with Crippen molar-refractivity contribution in [2.75, 3.05) is 18.6 Å². The normalized spacial score (nSPS) is 18.4. The van der Waals surface area contributed by atoms with Crippen LogP contribution in [0.3, 0.4) is 0 Å². The highest BCUT2D eigenvalue weighted by Crippen LogP contribution is 2.22. The molecule has 4 nitrogen and oxygen atoms in total.